The summed E-state index contributed by atoms with van der Waals surface area (Å²) in [6.45, 7) is 3.04. The van der Waals surface area contributed by atoms with E-state index in [2.05, 4.69) is 51.6 Å². The van der Waals surface area contributed by atoms with E-state index in [1.165, 1.54) is 12.1 Å². The second-order valence-corrected chi connectivity index (χ2v) is 54.3. The van der Waals surface area contributed by atoms with Crippen molar-refractivity contribution in [2.75, 3.05) is 6.61 Å². The molecule has 5 heteroatoms. The summed E-state index contributed by atoms with van der Waals surface area (Å²) in [4.78, 5) is 6.16. The number of rotatable bonds is 6. The van der Waals surface area contributed by atoms with E-state index in [1.54, 1.807) is 0 Å². The van der Waals surface area contributed by atoms with Crippen LogP contribution in [-0.2, 0) is 22.2 Å². The Morgan fingerprint density at radius 3 is 2.11 bits per heavy atom. The van der Waals surface area contributed by atoms with Gasteiger partial charge in [-0.25, -0.2) is 0 Å². The average molecular weight is 477 g/mol. The smallest absolute Gasteiger partial charge is 1.00 e. The van der Waals surface area contributed by atoms with Gasteiger partial charge in [0.05, 0.1) is 0 Å². The van der Waals surface area contributed by atoms with Crippen LogP contribution in [0.2, 0.25) is 23.4 Å². The van der Waals surface area contributed by atoms with Crippen molar-refractivity contribution >= 4 is 0 Å². The van der Waals surface area contributed by atoms with Gasteiger partial charge in [0, 0.05) is 0 Å². The van der Waals surface area contributed by atoms with E-state index in [0.717, 1.165) is 19.4 Å². The zero-order valence-electron chi connectivity index (χ0n) is 13.2. The summed E-state index contributed by atoms with van der Waals surface area (Å²) in [5.74, 6) is 0. The summed E-state index contributed by atoms with van der Waals surface area (Å²) in [5, 5.41) is 0. The van der Waals surface area contributed by atoms with Gasteiger partial charge in [0.15, 0.2) is 0 Å². The predicted octanol–water partition coefficient (Wildman–Crippen LogP) is -0.747. The third-order valence-electron chi connectivity index (χ3n) is 2.75. The maximum atomic E-state index is 6.16. The number of hydroxylamine groups is 1. The maximum absolute atomic E-state index is 6.16. The summed E-state index contributed by atoms with van der Waals surface area (Å²) in [7, 11) is 0. The maximum Gasteiger partial charge on any atom is -1.00 e. The fraction of sp³-hybridized carbons (Fsp3) is 0.714. The van der Waals surface area contributed by atoms with Gasteiger partial charge in [-0.05, 0) is 0 Å². The van der Waals surface area contributed by atoms with Crippen LogP contribution in [0.5, 0.6) is 0 Å². The molecule has 0 aromatic rings. The molecule has 1 aliphatic rings. The molecule has 0 amide bonds. The molecule has 1 aliphatic carbocycles. The first-order chi connectivity index (χ1) is 7.54. The second kappa shape index (κ2) is 6.64. The zero-order valence-corrected chi connectivity index (χ0v) is 18.3. The molecule has 0 aliphatic heterocycles. The zero-order chi connectivity index (χ0) is 13.2. The topological polar surface area (TPSA) is 12.5 Å². The first-order valence-corrected chi connectivity index (χ1v) is 26.4. The Balaban J connectivity index is 0. The van der Waals surface area contributed by atoms with Crippen LogP contribution >= 0.6 is 0 Å². The molecule has 0 atom stereocenters. The number of nitrogens with zero attached hydrogens (tertiary/aromatic N) is 1. The largest absolute Gasteiger partial charge is 1.00 e. The monoisotopic (exact) mass is 477 g/mol. The Kier molecular flexibility index (Phi) is 7.68. The van der Waals surface area contributed by atoms with E-state index in [0.29, 0.717) is 0 Å². The summed E-state index contributed by atoms with van der Waals surface area (Å²) in [6, 6.07) is 0. The minimum absolute atomic E-state index is 0. The summed E-state index contributed by atoms with van der Waals surface area (Å²) in [5.41, 5.74) is 1.33. The van der Waals surface area contributed by atoms with E-state index in [9.17, 15) is 0 Å². The first-order valence-electron chi connectivity index (χ1n) is 6.84. The molecule has 0 fully saturated rings. The predicted molar refractivity (Wildman–Crippen MR) is 73.9 cm³/mol. The molecule has 1 rings (SSSR count). The number of hydrogen-bond acceptors (Lipinski definition) is 2. The van der Waals surface area contributed by atoms with E-state index in [1.807, 2.05) is 0 Å². The molecule has 0 aromatic carbocycles. The van der Waals surface area contributed by atoms with Crippen LogP contribution in [-0.4, -0.2) is 9.66 Å². The Bertz CT molecular complexity index is 343. The molecule has 0 bridgehead atoms. The van der Waals surface area contributed by atoms with Crippen LogP contribution in [0.1, 0.15) is 26.2 Å². The van der Waals surface area contributed by atoms with E-state index in [4.69, 9.17) is 4.84 Å². The number of unbranched alkanes of at least 4 members (excludes halogenated alkanes) is 1. The summed E-state index contributed by atoms with van der Waals surface area (Å²) < 4.78 is 14.5. The first kappa shape index (κ1) is 22.0. The molecular formula is C14H29Cl2HfNO. The third-order valence-corrected chi connectivity index (χ3v) is 11.5. The van der Waals surface area contributed by atoms with Crippen molar-refractivity contribution in [3.05, 3.63) is 23.9 Å². The number of hydrogen-bond donors (Lipinski definition) is 0. The van der Waals surface area contributed by atoms with Crippen molar-refractivity contribution in [1.82, 2.24) is 3.05 Å². The van der Waals surface area contributed by atoms with Crippen LogP contribution in [0.3, 0.4) is 0 Å². The van der Waals surface area contributed by atoms with Crippen molar-refractivity contribution < 1.29 is 47.0 Å². The second-order valence-electron chi connectivity index (χ2n) is 8.89. The molecule has 2 nitrogen and oxygen atoms in total. The van der Waals surface area contributed by atoms with Gasteiger partial charge in [-0.2, -0.15) is 0 Å². The molecule has 0 aromatic heterocycles. The summed E-state index contributed by atoms with van der Waals surface area (Å²) >= 11 is -3.45. The van der Waals surface area contributed by atoms with Crippen molar-refractivity contribution in [2.45, 2.75) is 49.6 Å². The van der Waals surface area contributed by atoms with Crippen LogP contribution in [0.25, 0.3) is 0 Å². The Labute approximate surface area is 129 Å². The SMILES string of the molecule is CCCCO[N](C1=CC=CC1)[Hf+2]([CH3])([CH3])([CH3])([CH3])[CH3].[Cl-].[Cl-]. The van der Waals surface area contributed by atoms with Gasteiger partial charge in [-0.15, -0.1) is 0 Å². The molecule has 0 heterocycles. The average Bonchev–Trinajstić information content (AvgIpc) is 2.60. The van der Waals surface area contributed by atoms with Crippen molar-refractivity contribution in [3.63, 3.8) is 0 Å². The van der Waals surface area contributed by atoms with Crippen molar-refractivity contribution in [3.8, 4) is 0 Å². The standard InChI is InChI=1S/C9H14NO.5CH3.2ClH.Hf/c1-2-3-8-11-10-9-6-4-5-7-9;;;;;;;;/h4-6H,2-3,7-8H2,1H3;5*1H3;2*1H;/q-1;;;;;;;;+3/p-2. The minimum Gasteiger partial charge on any atom is -1.00 e. The molecule has 0 N–H and O–H groups in total. The van der Waals surface area contributed by atoms with Crippen LogP contribution in [0.15, 0.2) is 23.9 Å². The Morgan fingerprint density at radius 1 is 1.16 bits per heavy atom. The fourth-order valence-electron chi connectivity index (χ4n) is 2.01. The van der Waals surface area contributed by atoms with Crippen LogP contribution in [0, 0.1) is 0 Å². The molecule has 19 heavy (non-hydrogen) atoms. The molecule has 0 unspecified atom stereocenters. The Morgan fingerprint density at radius 2 is 1.74 bits per heavy atom. The van der Waals surface area contributed by atoms with E-state index in [-0.39, 0.29) is 24.8 Å². The quantitative estimate of drug-likeness (QED) is 0.284. The van der Waals surface area contributed by atoms with Gasteiger partial charge in [0.25, 0.3) is 0 Å². The molecular weight excluding hydrogens is 448 g/mol. The number of halogens is 2. The van der Waals surface area contributed by atoms with Gasteiger partial charge in [-0.1, -0.05) is 0 Å². The van der Waals surface area contributed by atoms with Crippen LogP contribution in [0.4, 0.5) is 0 Å². The molecule has 0 spiro atoms. The molecule has 114 valence electrons. The number of allylic oxidation sites excluding steroid dienone is 3. The van der Waals surface area contributed by atoms with Gasteiger partial charge in [0.2, 0.25) is 0 Å². The summed E-state index contributed by atoms with van der Waals surface area (Å²) in [6.07, 6.45) is 9.87. The molecule has 0 saturated carbocycles. The third kappa shape index (κ3) is 7.31. The molecule has 0 radical (unpaired) electrons. The van der Waals surface area contributed by atoms with Gasteiger partial charge in [0.1, 0.15) is 0 Å². The van der Waals surface area contributed by atoms with E-state index >= 15 is 0 Å². The van der Waals surface area contributed by atoms with Crippen LogP contribution < -0.4 is 24.8 Å². The minimum atomic E-state index is -3.45. The van der Waals surface area contributed by atoms with E-state index < -0.39 is 17.3 Å². The van der Waals surface area contributed by atoms with Gasteiger partial charge < -0.3 is 24.8 Å². The fourth-order valence-corrected chi connectivity index (χ4v) is 10.4. The van der Waals surface area contributed by atoms with Gasteiger partial charge in [-0.3, -0.25) is 0 Å². The normalized spacial score (nSPS) is 15.8. The van der Waals surface area contributed by atoms with Crippen molar-refractivity contribution in [1.29, 1.82) is 0 Å². The Hall–Kier alpha value is 0.690. The molecule has 0 saturated heterocycles. The van der Waals surface area contributed by atoms with Crippen molar-refractivity contribution in [2.24, 2.45) is 0 Å². The van der Waals surface area contributed by atoms with Gasteiger partial charge >= 0.3 is 105 Å².